The Balaban J connectivity index is 2.20. The SMILES string of the molecule is CNC1=CC(=S)CC(c2ccccc2)N1. The third-order valence-electron chi connectivity index (χ3n) is 2.51. The summed E-state index contributed by atoms with van der Waals surface area (Å²) in [4.78, 5) is 0.993. The molecule has 1 heterocycles. The van der Waals surface area contributed by atoms with E-state index in [1.54, 1.807) is 0 Å². The fraction of sp³-hybridized carbons (Fsp3) is 0.250. The quantitative estimate of drug-likeness (QED) is 0.744. The normalized spacial score (nSPS) is 20.5. The molecule has 0 bridgehead atoms. The first-order chi connectivity index (χ1) is 7.29. The number of nitrogens with one attached hydrogen (secondary N) is 2. The second-order valence-electron chi connectivity index (χ2n) is 3.59. The van der Waals surface area contributed by atoms with Crippen LogP contribution in [0.2, 0.25) is 0 Å². The van der Waals surface area contributed by atoms with Gasteiger partial charge in [-0.2, -0.15) is 0 Å². The summed E-state index contributed by atoms with van der Waals surface area (Å²) in [6.07, 6.45) is 2.87. The molecule has 0 amide bonds. The molecule has 2 rings (SSSR count). The molecule has 3 heteroatoms. The van der Waals surface area contributed by atoms with Crippen LogP contribution in [0.4, 0.5) is 0 Å². The fourth-order valence-electron chi connectivity index (χ4n) is 1.73. The second kappa shape index (κ2) is 4.45. The number of thiocarbonyl (C=S) groups is 1. The van der Waals surface area contributed by atoms with Crippen LogP contribution in [-0.4, -0.2) is 11.9 Å². The zero-order valence-corrected chi connectivity index (χ0v) is 9.47. The summed E-state index contributed by atoms with van der Waals surface area (Å²) < 4.78 is 0. The van der Waals surface area contributed by atoms with Crippen molar-refractivity contribution in [2.24, 2.45) is 0 Å². The molecule has 0 radical (unpaired) electrons. The Labute approximate surface area is 95.4 Å². The van der Waals surface area contributed by atoms with E-state index in [0.717, 1.165) is 17.1 Å². The predicted molar refractivity (Wildman–Crippen MR) is 66.7 cm³/mol. The van der Waals surface area contributed by atoms with Crippen molar-refractivity contribution >= 4 is 17.1 Å². The first kappa shape index (κ1) is 10.2. The molecule has 1 aromatic rings. The molecule has 0 aromatic heterocycles. The van der Waals surface area contributed by atoms with Crippen LogP contribution < -0.4 is 10.6 Å². The predicted octanol–water partition coefficient (Wildman–Crippen LogP) is 2.15. The Bertz CT molecular complexity index is 384. The Hall–Kier alpha value is -1.35. The minimum atomic E-state index is 0.297. The summed E-state index contributed by atoms with van der Waals surface area (Å²) in [6.45, 7) is 0. The van der Waals surface area contributed by atoms with Crippen molar-refractivity contribution in [1.82, 2.24) is 10.6 Å². The topological polar surface area (TPSA) is 24.1 Å². The molecule has 1 aromatic carbocycles. The molecule has 0 fully saturated rings. The minimum Gasteiger partial charge on any atom is -0.375 e. The molecule has 1 aliphatic heterocycles. The standard InChI is InChI=1S/C12H14N2S/c1-13-12-8-10(15)7-11(14-12)9-5-3-2-4-6-9/h2-6,8,11,13-14H,7H2,1H3. The zero-order chi connectivity index (χ0) is 10.7. The van der Waals surface area contributed by atoms with Gasteiger partial charge in [0.2, 0.25) is 0 Å². The van der Waals surface area contributed by atoms with Crippen LogP contribution in [-0.2, 0) is 0 Å². The summed E-state index contributed by atoms with van der Waals surface area (Å²) in [5, 5.41) is 6.51. The number of rotatable bonds is 2. The van der Waals surface area contributed by atoms with E-state index in [9.17, 15) is 0 Å². The van der Waals surface area contributed by atoms with Gasteiger partial charge in [0.05, 0.1) is 11.9 Å². The van der Waals surface area contributed by atoms with Gasteiger partial charge in [-0.1, -0.05) is 42.5 Å². The highest BCUT2D eigenvalue weighted by Gasteiger charge is 2.17. The van der Waals surface area contributed by atoms with Crippen LogP contribution in [0.3, 0.4) is 0 Å². The van der Waals surface area contributed by atoms with E-state index in [1.165, 1.54) is 5.56 Å². The first-order valence-corrected chi connectivity index (χ1v) is 5.44. The van der Waals surface area contributed by atoms with Crippen LogP contribution in [0.25, 0.3) is 0 Å². The Morgan fingerprint density at radius 1 is 1.33 bits per heavy atom. The molecule has 0 saturated carbocycles. The van der Waals surface area contributed by atoms with E-state index in [-0.39, 0.29) is 0 Å². The molecule has 2 N–H and O–H groups in total. The van der Waals surface area contributed by atoms with Crippen molar-refractivity contribution < 1.29 is 0 Å². The highest BCUT2D eigenvalue weighted by atomic mass is 32.1. The lowest BCUT2D eigenvalue weighted by atomic mass is 9.99. The van der Waals surface area contributed by atoms with Gasteiger partial charge in [0.1, 0.15) is 0 Å². The lowest BCUT2D eigenvalue weighted by Crippen LogP contribution is -2.33. The second-order valence-corrected chi connectivity index (χ2v) is 4.11. The van der Waals surface area contributed by atoms with Gasteiger partial charge in [-0.15, -0.1) is 0 Å². The molecule has 0 spiro atoms. The van der Waals surface area contributed by atoms with Gasteiger partial charge in [-0.05, 0) is 11.6 Å². The molecule has 1 unspecified atom stereocenters. The highest BCUT2D eigenvalue weighted by molar-refractivity contribution is 7.80. The number of hydrogen-bond acceptors (Lipinski definition) is 3. The van der Waals surface area contributed by atoms with E-state index >= 15 is 0 Å². The first-order valence-electron chi connectivity index (χ1n) is 5.03. The third kappa shape index (κ3) is 2.36. The van der Waals surface area contributed by atoms with Crippen molar-refractivity contribution in [3.05, 3.63) is 47.8 Å². The number of benzene rings is 1. The molecular formula is C12H14N2S. The van der Waals surface area contributed by atoms with Crippen molar-refractivity contribution in [3.63, 3.8) is 0 Å². The van der Waals surface area contributed by atoms with Crippen LogP contribution >= 0.6 is 12.2 Å². The highest BCUT2D eigenvalue weighted by Crippen LogP contribution is 2.21. The lowest BCUT2D eigenvalue weighted by molar-refractivity contribution is 0.582. The van der Waals surface area contributed by atoms with Gasteiger partial charge in [0.25, 0.3) is 0 Å². The molecule has 0 aliphatic carbocycles. The van der Waals surface area contributed by atoms with Crippen LogP contribution in [0, 0.1) is 0 Å². The number of allylic oxidation sites excluding steroid dienone is 1. The molecule has 1 atom stereocenters. The largest absolute Gasteiger partial charge is 0.375 e. The van der Waals surface area contributed by atoms with Gasteiger partial charge in [-0.25, -0.2) is 0 Å². The van der Waals surface area contributed by atoms with Gasteiger partial charge in [-0.3, -0.25) is 0 Å². The van der Waals surface area contributed by atoms with Crippen molar-refractivity contribution in [2.75, 3.05) is 7.05 Å². The minimum absolute atomic E-state index is 0.297. The van der Waals surface area contributed by atoms with E-state index in [2.05, 4.69) is 34.9 Å². The van der Waals surface area contributed by atoms with E-state index in [1.807, 2.05) is 19.2 Å². The maximum atomic E-state index is 5.27. The van der Waals surface area contributed by atoms with Gasteiger partial charge >= 0.3 is 0 Å². The molecule has 78 valence electrons. The molecule has 0 saturated heterocycles. The average Bonchev–Trinajstić information content (AvgIpc) is 2.29. The van der Waals surface area contributed by atoms with Gasteiger partial charge < -0.3 is 10.6 Å². The molecule has 1 aliphatic rings. The van der Waals surface area contributed by atoms with E-state index in [0.29, 0.717) is 6.04 Å². The summed E-state index contributed by atoms with van der Waals surface area (Å²) >= 11 is 5.27. The van der Waals surface area contributed by atoms with Crippen molar-refractivity contribution in [2.45, 2.75) is 12.5 Å². The maximum absolute atomic E-state index is 5.27. The molecule has 15 heavy (non-hydrogen) atoms. The third-order valence-corrected chi connectivity index (χ3v) is 2.80. The Kier molecular flexibility index (Phi) is 3.02. The lowest BCUT2D eigenvalue weighted by Gasteiger charge is -2.26. The smallest absolute Gasteiger partial charge is 0.1000 e. The van der Waals surface area contributed by atoms with Gasteiger partial charge in [0.15, 0.2) is 0 Å². The van der Waals surface area contributed by atoms with Crippen LogP contribution in [0.15, 0.2) is 42.2 Å². The van der Waals surface area contributed by atoms with Crippen molar-refractivity contribution in [1.29, 1.82) is 0 Å². The van der Waals surface area contributed by atoms with Crippen LogP contribution in [0.5, 0.6) is 0 Å². The Morgan fingerprint density at radius 3 is 2.73 bits per heavy atom. The summed E-state index contributed by atoms with van der Waals surface area (Å²) in [7, 11) is 1.90. The summed E-state index contributed by atoms with van der Waals surface area (Å²) in [6, 6.07) is 10.7. The van der Waals surface area contributed by atoms with Crippen LogP contribution in [0.1, 0.15) is 18.0 Å². The van der Waals surface area contributed by atoms with Crippen molar-refractivity contribution in [3.8, 4) is 0 Å². The molecular weight excluding hydrogens is 204 g/mol. The summed E-state index contributed by atoms with van der Waals surface area (Å²) in [5.41, 5.74) is 1.28. The number of hydrogen-bond donors (Lipinski definition) is 2. The fourth-order valence-corrected chi connectivity index (χ4v) is 2.02. The monoisotopic (exact) mass is 218 g/mol. The maximum Gasteiger partial charge on any atom is 0.1000 e. The summed E-state index contributed by atoms with van der Waals surface area (Å²) in [5.74, 6) is 1.00. The van der Waals surface area contributed by atoms with E-state index < -0.39 is 0 Å². The van der Waals surface area contributed by atoms with Gasteiger partial charge in [0, 0.05) is 18.3 Å². The average molecular weight is 218 g/mol. The zero-order valence-electron chi connectivity index (χ0n) is 8.66. The molecule has 2 nitrogen and oxygen atoms in total. The Morgan fingerprint density at radius 2 is 2.07 bits per heavy atom. The van der Waals surface area contributed by atoms with E-state index in [4.69, 9.17) is 12.2 Å².